The maximum atomic E-state index is 11.6. The first-order chi connectivity index (χ1) is 8.40. The minimum absolute atomic E-state index is 0.258. The molecular formula is C12H16N2O4. The van der Waals surface area contributed by atoms with Gasteiger partial charge in [-0.25, -0.2) is 0 Å². The average molecular weight is 252 g/mol. The van der Waals surface area contributed by atoms with E-state index in [1.54, 1.807) is 6.07 Å². The van der Waals surface area contributed by atoms with Crippen LogP contribution in [0.4, 0.5) is 0 Å². The highest BCUT2D eigenvalue weighted by atomic mass is 16.3. The van der Waals surface area contributed by atoms with E-state index in [4.69, 9.17) is 10.2 Å². The van der Waals surface area contributed by atoms with Crippen LogP contribution in [0.1, 0.15) is 34.6 Å². The van der Waals surface area contributed by atoms with E-state index in [1.807, 2.05) is 0 Å². The highest BCUT2D eigenvalue weighted by Gasteiger charge is 2.12. The highest BCUT2D eigenvalue weighted by molar-refractivity contribution is 5.99. The summed E-state index contributed by atoms with van der Waals surface area (Å²) in [6.45, 7) is 2.84. The van der Waals surface area contributed by atoms with Crippen molar-refractivity contribution in [1.29, 1.82) is 0 Å². The van der Waals surface area contributed by atoms with Crippen molar-refractivity contribution in [2.45, 2.75) is 26.3 Å². The van der Waals surface area contributed by atoms with E-state index in [0.29, 0.717) is 0 Å². The normalized spacial score (nSPS) is 13.6. The van der Waals surface area contributed by atoms with Crippen LogP contribution in [0.15, 0.2) is 24.3 Å². The minimum Gasteiger partial charge on any atom is -0.374 e. The molecule has 2 amide bonds. The van der Waals surface area contributed by atoms with Crippen molar-refractivity contribution >= 4 is 11.8 Å². The van der Waals surface area contributed by atoms with Gasteiger partial charge in [-0.2, -0.15) is 0 Å². The number of benzene rings is 1. The summed E-state index contributed by atoms with van der Waals surface area (Å²) in [7, 11) is 0. The van der Waals surface area contributed by atoms with Gasteiger partial charge in [0.15, 0.2) is 0 Å². The molecule has 0 bridgehead atoms. The third-order valence-electron chi connectivity index (χ3n) is 2.07. The van der Waals surface area contributed by atoms with Gasteiger partial charge in [0.1, 0.15) is 12.5 Å². The van der Waals surface area contributed by atoms with Crippen LogP contribution >= 0.6 is 0 Å². The van der Waals surface area contributed by atoms with Gasteiger partial charge in [0.05, 0.1) is 0 Å². The second-order valence-electron chi connectivity index (χ2n) is 3.88. The summed E-state index contributed by atoms with van der Waals surface area (Å²) in [5, 5.41) is 22.7. The number of hydrogen-bond acceptors (Lipinski definition) is 4. The maximum Gasteiger partial charge on any atom is 0.253 e. The smallest absolute Gasteiger partial charge is 0.253 e. The zero-order valence-electron chi connectivity index (χ0n) is 10.2. The molecule has 0 aliphatic carbocycles. The van der Waals surface area contributed by atoms with Crippen LogP contribution in [0.25, 0.3) is 0 Å². The molecule has 1 rings (SSSR count). The van der Waals surface area contributed by atoms with E-state index in [-0.39, 0.29) is 11.1 Å². The van der Waals surface area contributed by atoms with Crippen molar-refractivity contribution in [3.8, 4) is 0 Å². The molecule has 0 aliphatic rings. The molecule has 18 heavy (non-hydrogen) atoms. The number of rotatable bonds is 4. The molecule has 6 nitrogen and oxygen atoms in total. The van der Waals surface area contributed by atoms with Gasteiger partial charge >= 0.3 is 0 Å². The molecule has 0 aromatic heterocycles. The summed E-state index contributed by atoms with van der Waals surface area (Å²) in [5.74, 6) is -0.951. The van der Waals surface area contributed by atoms with Crippen molar-refractivity contribution in [3.63, 3.8) is 0 Å². The summed E-state index contributed by atoms with van der Waals surface area (Å²) in [4.78, 5) is 23.2. The first kappa shape index (κ1) is 14.1. The first-order valence-corrected chi connectivity index (χ1v) is 5.48. The summed E-state index contributed by atoms with van der Waals surface area (Å²) in [5.41, 5.74) is 0.517. The monoisotopic (exact) mass is 252 g/mol. The van der Waals surface area contributed by atoms with Gasteiger partial charge in [-0.3, -0.25) is 9.59 Å². The zero-order chi connectivity index (χ0) is 13.7. The van der Waals surface area contributed by atoms with Crippen LogP contribution in [0.2, 0.25) is 0 Å². The molecule has 0 aliphatic heterocycles. The molecule has 0 fully saturated rings. The highest BCUT2D eigenvalue weighted by Crippen LogP contribution is 2.06. The third kappa shape index (κ3) is 4.15. The number of hydrogen-bond donors (Lipinski definition) is 4. The second-order valence-corrected chi connectivity index (χ2v) is 3.88. The number of carbonyl (C=O) groups is 2. The van der Waals surface area contributed by atoms with Gasteiger partial charge in [0, 0.05) is 11.1 Å². The fourth-order valence-corrected chi connectivity index (χ4v) is 1.35. The SMILES string of the molecule is CC(O)NC(=O)c1cccc(C(=O)NC(C)O)c1. The lowest BCUT2D eigenvalue weighted by atomic mass is 10.1. The molecule has 0 spiro atoms. The summed E-state index contributed by atoms with van der Waals surface area (Å²) in [6, 6.07) is 5.98. The molecule has 0 radical (unpaired) electrons. The Labute approximate surface area is 105 Å². The van der Waals surface area contributed by atoms with E-state index >= 15 is 0 Å². The topological polar surface area (TPSA) is 98.7 Å². The minimum atomic E-state index is -0.965. The fourth-order valence-electron chi connectivity index (χ4n) is 1.35. The Hall–Kier alpha value is -1.92. The van der Waals surface area contributed by atoms with E-state index in [9.17, 15) is 9.59 Å². The van der Waals surface area contributed by atoms with Crippen LogP contribution in [0.5, 0.6) is 0 Å². The third-order valence-corrected chi connectivity index (χ3v) is 2.07. The first-order valence-electron chi connectivity index (χ1n) is 5.48. The van der Waals surface area contributed by atoms with E-state index < -0.39 is 24.3 Å². The lowest BCUT2D eigenvalue weighted by Gasteiger charge is -2.10. The standard InChI is InChI=1S/C12H16N2O4/c1-7(15)13-11(17)9-4-3-5-10(6-9)12(18)14-8(2)16/h3-8,15-16H,1-2H3,(H,13,17)(H,14,18). The van der Waals surface area contributed by atoms with Crippen molar-refractivity contribution in [3.05, 3.63) is 35.4 Å². The summed E-state index contributed by atoms with van der Waals surface area (Å²) in [6.07, 6.45) is -1.93. The molecule has 4 N–H and O–H groups in total. The quantitative estimate of drug-likeness (QED) is 0.559. The number of aliphatic hydroxyl groups is 2. The van der Waals surface area contributed by atoms with Crippen molar-refractivity contribution in [1.82, 2.24) is 10.6 Å². The lowest BCUT2D eigenvalue weighted by Crippen LogP contribution is -2.33. The Morgan fingerprint density at radius 1 is 1.00 bits per heavy atom. The number of carbonyl (C=O) groups excluding carboxylic acids is 2. The van der Waals surface area contributed by atoms with Gasteiger partial charge in [-0.1, -0.05) is 6.07 Å². The maximum absolute atomic E-state index is 11.6. The van der Waals surface area contributed by atoms with E-state index in [1.165, 1.54) is 32.0 Å². The van der Waals surface area contributed by atoms with Crippen LogP contribution in [-0.2, 0) is 0 Å². The zero-order valence-corrected chi connectivity index (χ0v) is 10.2. The molecule has 1 aromatic rings. The predicted molar refractivity (Wildman–Crippen MR) is 64.7 cm³/mol. The van der Waals surface area contributed by atoms with Gasteiger partial charge in [-0.15, -0.1) is 0 Å². The molecule has 1 aromatic carbocycles. The molecule has 2 unspecified atom stereocenters. The van der Waals surface area contributed by atoms with E-state index in [0.717, 1.165) is 0 Å². The Balaban J connectivity index is 2.85. The predicted octanol–water partition coefficient (Wildman–Crippen LogP) is -0.177. The lowest BCUT2D eigenvalue weighted by molar-refractivity contribution is 0.0814. The van der Waals surface area contributed by atoms with Crippen LogP contribution in [0.3, 0.4) is 0 Å². The van der Waals surface area contributed by atoms with Gasteiger partial charge in [0.2, 0.25) is 0 Å². The summed E-state index contributed by atoms with van der Waals surface area (Å²) >= 11 is 0. The second kappa shape index (κ2) is 6.13. The largest absolute Gasteiger partial charge is 0.374 e. The molecule has 2 atom stereocenters. The number of aliphatic hydroxyl groups excluding tert-OH is 2. The number of amides is 2. The van der Waals surface area contributed by atoms with Crippen molar-refractivity contribution in [2.75, 3.05) is 0 Å². The Morgan fingerprint density at radius 3 is 1.72 bits per heavy atom. The molecular weight excluding hydrogens is 236 g/mol. The van der Waals surface area contributed by atoms with Gasteiger partial charge < -0.3 is 20.8 Å². The van der Waals surface area contributed by atoms with Crippen molar-refractivity contribution in [2.24, 2.45) is 0 Å². The van der Waals surface area contributed by atoms with Crippen LogP contribution < -0.4 is 10.6 Å². The van der Waals surface area contributed by atoms with Crippen molar-refractivity contribution < 1.29 is 19.8 Å². The summed E-state index contributed by atoms with van der Waals surface area (Å²) < 4.78 is 0. The molecule has 98 valence electrons. The van der Waals surface area contributed by atoms with Crippen LogP contribution in [0, 0.1) is 0 Å². The van der Waals surface area contributed by atoms with Gasteiger partial charge in [-0.05, 0) is 32.0 Å². The molecule has 0 saturated heterocycles. The molecule has 0 saturated carbocycles. The Bertz CT molecular complexity index is 406. The Kier molecular flexibility index (Phi) is 4.82. The van der Waals surface area contributed by atoms with E-state index in [2.05, 4.69) is 10.6 Å². The average Bonchev–Trinajstić information content (AvgIpc) is 2.27. The molecule has 0 heterocycles. The van der Waals surface area contributed by atoms with Gasteiger partial charge in [0.25, 0.3) is 11.8 Å². The van der Waals surface area contributed by atoms with Crippen LogP contribution in [-0.4, -0.2) is 34.5 Å². The molecule has 6 heteroatoms. The Morgan fingerprint density at radius 2 is 1.39 bits per heavy atom. The fraction of sp³-hybridized carbons (Fsp3) is 0.333. The number of nitrogens with one attached hydrogen (secondary N) is 2.